The Morgan fingerprint density at radius 1 is 1.00 bits per heavy atom. The van der Waals surface area contributed by atoms with E-state index in [9.17, 15) is 4.79 Å². The smallest absolute Gasteiger partial charge is 0.305 e. The fourth-order valence-corrected chi connectivity index (χ4v) is 1.39. The van der Waals surface area contributed by atoms with Crippen molar-refractivity contribution >= 4 is 5.97 Å². The summed E-state index contributed by atoms with van der Waals surface area (Å²) in [5, 5.41) is 0. The van der Waals surface area contributed by atoms with Gasteiger partial charge in [-0.1, -0.05) is 12.2 Å². The van der Waals surface area contributed by atoms with Crippen LogP contribution in [0, 0.1) is 0 Å². The Hall–Kier alpha value is -0.790. The van der Waals surface area contributed by atoms with Gasteiger partial charge in [0.25, 0.3) is 0 Å². The van der Waals surface area contributed by atoms with Crippen molar-refractivity contribution in [3.8, 4) is 0 Å². The molecular formula is C11H18O2. The molecule has 0 aliphatic carbocycles. The van der Waals surface area contributed by atoms with Crippen molar-refractivity contribution < 1.29 is 9.53 Å². The summed E-state index contributed by atoms with van der Waals surface area (Å²) in [5.41, 5.74) is 0. The number of ether oxygens (including phenoxy) is 1. The number of hydrogen-bond acceptors (Lipinski definition) is 2. The highest BCUT2D eigenvalue weighted by Gasteiger charge is 2.01. The average Bonchev–Trinajstić information content (AvgIpc) is 2.11. The maximum absolute atomic E-state index is 11.1. The summed E-state index contributed by atoms with van der Waals surface area (Å²) >= 11 is 0. The standard InChI is InChI=1S/C11H18O2/c12-11-9-7-5-3-1-2-4-6-8-10-13-11/h1-2H,3-10H2/b2-1-. The zero-order valence-electron chi connectivity index (χ0n) is 8.13. The van der Waals surface area contributed by atoms with E-state index in [1.807, 2.05) is 0 Å². The van der Waals surface area contributed by atoms with E-state index in [0.29, 0.717) is 13.0 Å². The van der Waals surface area contributed by atoms with Gasteiger partial charge in [0, 0.05) is 6.42 Å². The van der Waals surface area contributed by atoms with Crippen LogP contribution < -0.4 is 0 Å². The molecule has 0 saturated carbocycles. The van der Waals surface area contributed by atoms with E-state index >= 15 is 0 Å². The van der Waals surface area contributed by atoms with Crippen LogP contribution in [0.15, 0.2) is 12.2 Å². The molecule has 0 saturated heterocycles. The predicted octanol–water partition coefficient (Wildman–Crippen LogP) is 2.83. The molecule has 2 nitrogen and oxygen atoms in total. The molecule has 0 unspecified atom stereocenters. The lowest BCUT2D eigenvalue weighted by molar-refractivity contribution is -0.143. The summed E-state index contributed by atoms with van der Waals surface area (Å²) in [4.78, 5) is 11.1. The van der Waals surface area contributed by atoms with Gasteiger partial charge in [0.15, 0.2) is 0 Å². The molecule has 0 bridgehead atoms. The normalized spacial score (nSPS) is 23.8. The second kappa shape index (κ2) is 6.70. The second-order valence-electron chi connectivity index (χ2n) is 3.43. The Balaban J connectivity index is 2.24. The van der Waals surface area contributed by atoms with Gasteiger partial charge in [-0.15, -0.1) is 0 Å². The summed E-state index contributed by atoms with van der Waals surface area (Å²) in [6, 6.07) is 0. The minimum Gasteiger partial charge on any atom is -0.466 e. The molecule has 0 atom stereocenters. The van der Waals surface area contributed by atoms with E-state index in [4.69, 9.17) is 4.74 Å². The monoisotopic (exact) mass is 182 g/mol. The fourth-order valence-electron chi connectivity index (χ4n) is 1.39. The van der Waals surface area contributed by atoms with E-state index in [1.165, 1.54) is 0 Å². The van der Waals surface area contributed by atoms with E-state index < -0.39 is 0 Å². The van der Waals surface area contributed by atoms with Crippen molar-refractivity contribution in [2.45, 2.75) is 44.9 Å². The molecule has 0 fully saturated rings. The lowest BCUT2D eigenvalue weighted by Crippen LogP contribution is -2.05. The number of carbonyl (C=O) groups is 1. The molecule has 74 valence electrons. The van der Waals surface area contributed by atoms with Gasteiger partial charge in [-0.25, -0.2) is 0 Å². The Bertz CT molecular complexity index is 173. The molecule has 0 aromatic carbocycles. The molecular weight excluding hydrogens is 164 g/mol. The van der Waals surface area contributed by atoms with Gasteiger partial charge >= 0.3 is 5.97 Å². The molecule has 1 heterocycles. The van der Waals surface area contributed by atoms with Gasteiger partial charge in [-0.05, 0) is 38.5 Å². The number of esters is 1. The van der Waals surface area contributed by atoms with Crippen molar-refractivity contribution in [1.82, 2.24) is 0 Å². The van der Waals surface area contributed by atoms with Crippen molar-refractivity contribution in [2.24, 2.45) is 0 Å². The lowest BCUT2D eigenvalue weighted by atomic mass is 10.1. The first kappa shape index (κ1) is 10.3. The van der Waals surface area contributed by atoms with Crippen molar-refractivity contribution in [3.05, 3.63) is 12.2 Å². The molecule has 0 radical (unpaired) electrons. The third-order valence-corrected chi connectivity index (χ3v) is 2.20. The molecule has 0 spiro atoms. The highest BCUT2D eigenvalue weighted by atomic mass is 16.5. The van der Waals surface area contributed by atoms with Crippen LogP contribution in [0.1, 0.15) is 44.9 Å². The highest BCUT2D eigenvalue weighted by molar-refractivity contribution is 5.69. The van der Waals surface area contributed by atoms with Gasteiger partial charge in [-0.2, -0.15) is 0 Å². The Morgan fingerprint density at radius 2 is 1.69 bits per heavy atom. The number of allylic oxidation sites excluding steroid dienone is 2. The Morgan fingerprint density at radius 3 is 2.46 bits per heavy atom. The predicted molar refractivity (Wildman–Crippen MR) is 52.4 cm³/mol. The van der Waals surface area contributed by atoms with Crippen LogP contribution in [-0.4, -0.2) is 12.6 Å². The zero-order chi connectivity index (χ0) is 9.36. The van der Waals surface area contributed by atoms with E-state index in [-0.39, 0.29) is 5.97 Å². The number of rotatable bonds is 0. The summed E-state index contributed by atoms with van der Waals surface area (Å²) in [6.45, 7) is 0.604. The van der Waals surface area contributed by atoms with Crippen molar-refractivity contribution in [2.75, 3.05) is 6.61 Å². The third kappa shape index (κ3) is 5.45. The minimum atomic E-state index is -0.0236. The number of cyclic esters (lactones) is 1. The highest BCUT2D eigenvalue weighted by Crippen LogP contribution is 2.06. The van der Waals surface area contributed by atoms with Gasteiger partial charge in [-0.3, -0.25) is 4.79 Å². The van der Waals surface area contributed by atoms with Crippen LogP contribution in [-0.2, 0) is 9.53 Å². The molecule has 0 aromatic heterocycles. The van der Waals surface area contributed by atoms with E-state index in [2.05, 4.69) is 12.2 Å². The molecule has 0 amide bonds. The molecule has 1 aliphatic heterocycles. The first-order valence-corrected chi connectivity index (χ1v) is 5.20. The largest absolute Gasteiger partial charge is 0.466 e. The molecule has 0 N–H and O–H groups in total. The Kier molecular flexibility index (Phi) is 5.30. The topological polar surface area (TPSA) is 26.3 Å². The van der Waals surface area contributed by atoms with Crippen molar-refractivity contribution in [1.29, 1.82) is 0 Å². The SMILES string of the molecule is O=C1CCCC/C=C\CCCCO1. The van der Waals surface area contributed by atoms with Crippen LogP contribution in [0.5, 0.6) is 0 Å². The third-order valence-electron chi connectivity index (χ3n) is 2.20. The maximum Gasteiger partial charge on any atom is 0.305 e. The van der Waals surface area contributed by atoms with E-state index in [1.54, 1.807) is 0 Å². The number of carbonyl (C=O) groups excluding carboxylic acids is 1. The quantitative estimate of drug-likeness (QED) is 0.425. The molecule has 2 heteroatoms. The number of hydrogen-bond donors (Lipinski definition) is 0. The lowest BCUT2D eigenvalue weighted by Gasteiger charge is -2.04. The van der Waals surface area contributed by atoms with Crippen LogP contribution in [0.25, 0.3) is 0 Å². The van der Waals surface area contributed by atoms with Crippen molar-refractivity contribution in [3.63, 3.8) is 0 Å². The van der Waals surface area contributed by atoms with Crippen LogP contribution in [0.3, 0.4) is 0 Å². The van der Waals surface area contributed by atoms with Crippen LogP contribution in [0.2, 0.25) is 0 Å². The Labute approximate surface area is 80.0 Å². The fraction of sp³-hybridized carbons (Fsp3) is 0.727. The van der Waals surface area contributed by atoms with Crippen LogP contribution >= 0.6 is 0 Å². The molecule has 1 rings (SSSR count). The molecule has 1 aliphatic rings. The summed E-state index contributed by atoms with van der Waals surface area (Å²) in [6.07, 6.45) is 11.5. The summed E-state index contributed by atoms with van der Waals surface area (Å²) in [5.74, 6) is -0.0236. The van der Waals surface area contributed by atoms with Gasteiger partial charge in [0.1, 0.15) is 0 Å². The van der Waals surface area contributed by atoms with Gasteiger partial charge < -0.3 is 4.74 Å². The van der Waals surface area contributed by atoms with Gasteiger partial charge in [0.05, 0.1) is 6.61 Å². The first-order valence-electron chi connectivity index (χ1n) is 5.20. The van der Waals surface area contributed by atoms with Gasteiger partial charge in [0.2, 0.25) is 0 Å². The minimum absolute atomic E-state index is 0.0236. The average molecular weight is 182 g/mol. The molecule has 13 heavy (non-hydrogen) atoms. The molecule has 0 aromatic rings. The maximum atomic E-state index is 11.1. The summed E-state index contributed by atoms with van der Waals surface area (Å²) < 4.78 is 5.05. The van der Waals surface area contributed by atoms with E-state index in [0.717, 1.165) is 38.5 Å². The van der Waals surface area contributed by atoms with Crippen LogP contribution in [0.4, 0.5) is 0 Å². The zero-order valence-corrected chi connectivity index (χ0v) is 8.13. The summed E-state index contributed by atoms with van der Waals surface area (Å²) in [7, 11) is 0. The second-order valence-corrected chi connectivity index (χ2v) is 3.43. The first-order chi connectivity index (χ1) is 6.39.